The molecule has 1 saturated heterocycles. The summed E-state index contributed by atoms with van der Waals surface area (Å²) in [4.78, 5) is 36.0. The van der Waals surface area contributed by atoms with Gasteiger partial charge in [-0.1, -0.05) is 17.7 Å². The van der Waals surface area contributed by atoms with Crippen molar-refractivity contribution in [2.24, 2.45) is 11.7 Å². The summed E-state index contributed by atoms with van der Waals surface area (Å²) in [6.07, 6.45) is 10.7. The Kier molecular flexibility index (Phi) is 9.71. The van der Waals surface area contributed by atoms with Crippen molar-refractivity contribution >= 4 is 17.3 Å². The smallest absolute Gasteiger partial charge is 0.163 e. The van der Waals surface area contributed by atoms with Crippen molar-refractivity contribution in [2.45, 2.75) is 77.9 Å². The minimum atomic E-state index is -0.224. The van der Waals surface area contributed by atoms with Gasteiger partial charge in [0.15, 0.2) is 11.6 Å². The number of hydrogen-bond acceptors (Lipinski definition) is 7. The molecular weight excluding hydrogens is 524 g/mol. The molecular formula is C35H46N4O3. The summed E-state index contributed by atoms with van der Waals surface area (Å²) >= 11 is 0. The molecule has 0 amide bonds. The van der Waals surface area contributed by atoms with E-state index >= 15 is 0 Å². The summed E-state index contributed by atoms with van der Waals surface area (Å²) < 4.78 is 5.48. The molecule has 2 N–H and O–H groups in total. The van der Waals surface area contributed by atoms with Crippen LogP contribution in [-0.2, 0) is 16.1 Å². The van der Waals surface area contributed by atoms with E-state index in [1.54, 1.807) is 6.08 Å². The SMILES string of the molecule is CC1=CC(=O)C(CCC(=O)c2cc(-c3ccc(CN4CCOCC4)nc3)cc(N(C)C3CCC(N)CC3)c2C)C(C)=C1. The van der Waals surface area contributed by atoms with Gasteiger partial charge in [-0.25, -0.2) is 0 Å². The van der Waals surface area contributed by atoms with E-state index in [1.807, 2.05) is 26.1 Å². The van der Waals surface area contributed by atoms with Gasteiger partial charge in [-0.2, -0.15) is 0 Å². The minimum absolute atomic E-state index is 0.0819. The van der Waals surface area contributed by atoms with E-state index in [1.165, 1.54) is 0 Å². The van der Waals surface area contributed by atoms with E-state index in [0.29, 0.717) is 18.9 Å². The molecule has 1 atom stereocenters. The second-order valence-corrected chi connectivity index (χ2v) is 12.5. The molecule has 2 aliphatic carbocycles. The Hall–Kier alpha value is -3.13. The molecule has 1 aromatic heterocycles. The number of carbonyl (C=O) groups excluding carboxylic acids is 2. The summed E-state index contributed by atoms with van der Waals surface area (Å²) in [5.41, 5.74) is 14.1. The zero-order valence-corrected chi connectivity index (χ0v) is 25.7. The third kappa shape index (κ3) is 7.08. The zero-order chi connectivity index (χ0) is 29.8. The van der Waals surface area contributed by atoms with Crippen LogP contribution in [-0.4, -0.2) is 66.9 Å². The molecule has 42 heavy (non-hydrogen) atoms. The van der Waals surface area contributed by atoms with Crippen LogP contribution in [0, 0.1) is 12.8 Å². The normalized spacial score (nSPS) is 23.4. The third-order valence-electron chi connectivity index (χ3n) is 9.38. The molecule has 1 unspecified atom stereocenters. The van der Waals surface area contributed by atoms with Crippen LogP contribution in [0.5, 0.6) is 0 Å². The quantitative estimate of drug-likeness (QED) is 0.390. The number of rotatable bonds is 9. The summed E-state index contributed by atoms with van der Waals surface area (Å²) in [5, 5.41) is 0. The molecule has 1 aromatic carbocycles. The van der Waals surface area contributed by atoms with Gasteiger partial charge in [-0.05, 0) is 93.9 Å². The van der Waals surface area contributed by atoms with Crippen LogP contribution in [0.25, 0.3) is 11.1 Å². The van der Waals surface area contributed by atoms with Crippen LogP contribution in [0.15, 0.2) is 53.8 Å². The van der Waals surface area contributed by atoms with Crippen molar-refractivity contribution < 1.29 is 14.3 Å². The highest BCUT2D eigenvalue weighted by Crippen LogP contribution is 2.35. The first-order chi connectivity index (χ1) is 20.2. The number of ketones is 2. The number of anilines is 1. The highest BCUT2D eigenvalue weighted by atomic mass is 16.5. The average molecular weight is 571 g/mol. The van der Waals surface area contributed by atoms with E-state index < -0.39 is 0 Å². The molecule has 224 valence electrons. The van der Waals surface area contributed by atoms with Crippen LogP contribution < -0.4 is 10.6 Å². The van der Waals surface area contributed by atoms with Crippen LogP contribution >= 0.6 is 0 Å². The fourth-order valence-corrected chi connectivity index (χ4v) is 6.72. The van der Waals surface area contributed by atoms with E-state index in [4.69, 9.17) is 15.5 Å². The highest BCUT2D eigenvalue weighted by molar-refractivity contribution is 6.01. The van der Waals surface area contributed by atoms with Crippen molar-refractivity contribution in [3.05, 3.63) is 70.6 Å². The number of allylic oxidation sites excluding steroid dienone is 4. The summed E-state index contributed by atoms with van der Waals surface area (Å²) in [7, 11) is 2.15. The maximum absolute atomic E-state index is 13.8. The summed E-state index contributed by atoms with van der Waals surface area (Å²) in [5.74, 6) is -0.0404. The first kappa shape index (κ1) is 30.3. The Balaban J connectivity index is 1.41. The number of aromatic nitrogens is 1. The Morgan fingerprint density at radius 3 is 2.45 bits per heavy atom. The van der Waals surface area contributed by atoms with Gasteiger partial charge in [0.2, 0.25) is 0 Å². The van der Waals surface area contributed by atoms with Gasteiger partial charge in [-0.15, -0.1) is 0 Å². The molecule has 2 fully saturated rings. The van der Waals surface area contributed by atoms with Crippen LogP contribution in [0.2, 0.25) is 0 Å². The fraction of sp³-hybridized carbons (Fsp3) is 0.514. The van der Waals surface area contributed by atoms with Gasteiger partial charge in [0.05, 0.1) is 18.9 Å². The molecule has 7 heteroatoms. The predicted molar refractivity (Wildman–Crippen MR) is 169 cm³/mol. The third-order valence-corrected chi connectivity index (χ3v) is 9.38. The topological polar surface area (TPSA) is 88.8 Å². The maximum Gasteiger partial charge on any atom is 0.163 e. The average Bonchev–Trinajstić information content (AvgIpc) is 2.97. The lowest BCUT2D eigenvalue weighted by Crippen LogP contribution is -2.39. The van der Waals surface area contributed by atoms with Gasteiger partial charge in [0, 0.05) is 74.1 Å². The maximum atomic E-state index is 13.8. The molecule has 1 saturated carbocycles. The standard InChI is InChI=1S/C35H46N4O3/c1-23-17-24(2)31(35(41)18-23)11-12-34(40)32-19-27(20-33(25(32)3)38(4)30-9-6-28(36)7-10-30)26-5-8-29(37-21-26)22-39-13-15-42-16-14-39/h5,8,17-21,28,30-31H,6-7,9-16,22,36H2,1-4H3. The lowest BCUT2D eigenvalue weighted by atomic mass is 9.84. The fourth-order valence-electron chi connectivity index (χ4n) is 6.72. The van der Waals surface area contributed by atoms with Gasteiger partial charge < -0.3 is 15.4 Å². The lowest BCUT2D eigenvalue weighted by molar-refractivity contribution is -0.117. The second-order valence-electron chi connectivity index (χ2n) is 12.5. The van der Waals surface area contributed by atoms with Gasteiger partial charge >= 0.3 is 0 Å². The van der Waals surface area contributed by atoms with E-state index in [-0.39, 0.29) is 23.5 Å². The molecule has 0 radical (unpaired) electrons. The van der Waals surface area contributed by atoms with E-state index in [2.05, 4.69) is 48.0 Å². The van der Waals surface area contributed by atoms with E-state index in [9.17, 15) is 9.59 Å². The van der Waals surface area contributed by atoms with E-state index in [0.717, 1.165) is 103 Å². The number of carbonyl (C=O) groups is 2. The monoisotopic (exact) mass is 570 g/mol. The molecule has 2 aromatic rings. The number of morpholine rings is 1. The Morgan fingerprint density at radius 1 is 1.05 bits per heavy atom. The minimum Gasteiger partial charge on any atom is -0.379 e. The molecule has 0 spiro atoms. The number of Topliss-reactive ketones (excluding diaryl/α,β-unsaturated/α-hetero) is 1. The van der Waals surface area contributed by atoms with Crippen LogP contribution in [0.4, 0.5) is 5.69 Å². The first-order valence-electron chi connectivity index (χ1n) is 15.5. The summed E-state index contributed by atoms with van der Waals surface area (Å²) in [6, 6.07) is 9.12. The van der Waals surface area contributed by atoms with Gasteiger partial charge in [-0.3, -0.25) is 19.5 Å². The van der Waals surface area contributed by atoms with Gasteiger partial charge in [0.1, 0.15) is 0 Å². The number of ether oxygens (including phenoxy) is 1. The number of nitrogens with zero attached hydrogens (tertiary/aromatic N) is 3. The number of benzene rings is 1. The van der Waals surface area contributed by atoms with Crippen LogP contribution in [0.3, 0.4) is 0 Å². The molecule has 2 heterocycles. The van der Waals surface area contributed by atoms with Gasteiger partial charge in [0.25, 0.3) is 0 Å². The largest absolute Gasteiger partial charge is 0.379 e. The number of pyridine rings is 1. The highest BCUT2D eigenvalue weighted by Gasteiger charge is 2.27. The molecule has 0 bridgehead atoms. The van der Waals surface area contributed by atoms with Crippen molar-refractivity contribution in [2.75, 3.05) is 38.3 Å². The first-order valence-corrected chi connectivity index (χ1v) is 15.5. The zero-order valence-electron chi connectivity index (χ0n) is 25.7. The molecule has 7 nitrogen and oxygen atoms in total. The molecule has 5 rings (SSSR count). The number of hydrogen-bond donors (Lipinski definition) is 1. The lowest BCUT2D eigenvalue weighted by Gasteiger charge is -2.36. The van der Waals surface area contributed by atoms with Crippen LogP contribution in [0.1, 0.15) is 74.0 Å². The Bertz CT molecular complexity index is 1350. The van der Waals surface area contributed by atoms with Crippen molar-refractivity contribution in [1.29, 1.82) is 0 Å². The molecule has 3 aliphatic rings. The van der Waals surface area contributed by atoms with Crippen molar-refractivity contribution in [3.8, 4) is 11.1 Å². The van der Waals surface area contributed by atoms with Crippen molar-refractivity contribution in [1.82, 2.24) is 9.88 Å². The Morgan fingerprint density at radius 2 is 1.79 bits per heavy atom. The second kappa shape index (κ2) is 13.4. The predicted octanol–water partition coefficient (Wildman–Crippen LogP) is 5.65. The Labute approximate surface area is 250 Å². The molecule has 1 aliphatic heterocycles. The van der Waals surface area contributed by atoms with Crippen molar-refractivity contribution in [3.63, 3.8) is 0 Å². The number of nitrogens with two attached hydrogens (primary N) is 1. The summed E-state index contributed by atoms with van der Waals surface area (Å²) in [6.45, 7) is 10.2.